The largest absolute Gasteiger partial charge is 0.326 e. The zero-order valence-electron chi connectivity index (χ0n) is 10.4. The highest BCUT2D eigenvalue weighted by molar-refractivity contribution is 6.20. The zero-order valence-corrected chi connectivity index (χ0v) is 11.2. The Bertz CT molecular complexity index is 468. The van der Waals surface area contributed by atoms with E-state index in [1.807, 2.05) is 6.07 Å². The second-order valence-corrected chi connectivity index (χ2v) is 5.99. The van der Waals surface area contributed by atoms with E-state index in [1.54, 1.807) is 0 Å². The van der Waals surface area contributed by atoms with E-state index >= 15 is 0 Å². The number of halogens is 1. The number of carbonyl (C=O) groups excluding carboxylic acids is 1. The van der Waals surface area contributed by atoms with E-state index in [9.17, 15) is 4.79 Å². The Kier molecular flexibility index (Phi) is 3.29. The van der Waals surface area contributed by atoms with Crippen molar-refractivity contribution in [2.75, 3.05) is 5.32 Å². The number of rotatable bonds is 3. The molecule has 0 aromatic heterocycles. The average Bonchev–Trinajstić information content (AvgIpc) is 2.33. The molecule has 1 N–H and O–H groups in total. The van der Waals surface area contributed by atoms with Gasteiger partial charge in [-0.1, -0.05) is 31.4 Å². The molecule has 1 aliphatic carbocycles. The summed E-state index contributed by atoms with van der Waals surface area (Å²) >= 11 is 6.50. The predicted octanol–water partition coefficient (Wildman–Crippen LogP) is 4.04. The number of alkyl halides is 1. The van der Waals surface area contributed by atoms with E-state index in [0.717, 1.165) is 24.4 Å². The van der Waals surface area contributed by atoms with Gasteiger partial charge in [0.2, 0.25) is 5.91 Å². The molecule has 1 atom stereocenters. The van der Waals surface area contributed by atoms with E-state index < -0.39 is 0 Å². The number of anilines is 1. The molecule has 0 bridgehead atoms. The number of hydrogen-bond donors (Lipinski definition) is 1. The minimum atomic E-state index is 0.118. The Morgan fingerprint density at radius 3 is 2.89 bits per heavy atom. The molecule has 1 aromatic carbocycles. The van der Waals surface area contributed by atoms with Crippen LogP contribution < -0.4 is 5.32 Å². The third kappa shape index (κ3) is 2.39. The number of amides is 1. The maximum atomic E-state index is 11.3. The molecule has 2 nitrogen and oxygen atoms in total. The molecule has 0 radical (unpaired) electrons. The standard InChI is InChI=1S/C15H18ClNO/c16-13(8-10-2-1-3-10)11-4-6-14-12(9-11)5-7-15(18)17-14/h4,6,9-10,13H,1-3,5,7-8H2,(H,17,18). The Morgan fingerprint density at radius 1 is 1.33 bits per heavy atom. The summed E-state index contributed by atoms with van der Waals surface area (Å²) in [6.07, 6.45) is 6.56. The number of fused-ring (bicyclic) bond motifs is 1. The molecule has 2 aliphatic rings. The highest BCUT2D eigenvalue weighted by atomic mass is 35.5. The Morgan fingerprint density at radius 2 is 2.17 bits per heavy atom. The van der Waals surface area contributed by atoms with Gasteiger partial charge in [-0.05, 0) is 36.0 Å². The van der Waals surface area contributed by atoms with Gasteiger partial charge in [0.15, 0.2) is 0 Å². The topological polar surface area (TPSA) is 29.1 Å². The van der Waals surface area contributed by atoms with Gasteiger partial charge in [0.1, 0.15) is 0 Å². The number of carbonyl (C=O) groups is 1. The molecule has 1 heterocycles. The lowest BCUT2D eigenvalue weighted by atomic mass is 9.81. The van der Waals surface area contributed by atoms with E-state index in [0.29, 0.717) is 6.42 Å². The first-order valence-corrected chi connectivity index (χ1v) is 7.23. The van der Waals surface area contributed by atoms with Crippen LogP contribution in [-0.2, 0) is 11.2 Å². The van der Waals surface area contributed by atoms with Crippen LogP contribution in [0.2, 0.25) is 0 Å². The zero-order chi connectivity index (χ0) is 12.5. The minimum Gasteiger partial charge on any atom is -0.326 e. The van der Waals surface area contributed by atoms with Crippen LogP contribution in [0.3, 0.4) is 0 Å². The van der Waals surface area contributed by atoms with Gasteiger partial charge < -0.3 is 5.32 Å². The molecular formula is C15H18ClNO. The van der Waals surface area contributed by atoms with Crippen LogP contribution in [0.1, 0.15) is 48.6 Å². The van der Waals surface area contributed by atoms with Crippen molar-refractivity contribution in [2.24, 2.45) is 5.92 Å². The van der Waals surface area contributed by atoms with Crippen molar-refractivity contribution in [1.29, 1.82) is 0 Å². The molecule has 1 aliphatic heterocycles. The summed E-state index contributed by atoms with van der Waals surface area (Å²) in [5, 5.41) is 3.03. The van der Waals surface area contributed by atoms with Crippen LogP contribution in [0.25, 0.3) is 0 Å². The quantitative estimate of drug-likeness (QED) is 0.820. The van der Waals surface area contributed by atoms with Gasteiger partial charge in [-0.2, -0.15) is 0 Å². The van der Waals surface area contributed by atoms with E-state index in [2.05, 4.69) is 17.4 Å². The monoisotopic (exact) mass is 263 g/mol. The highest BCUT2D eigenvalue weighted by Crippen LogP contribution is 2.38. The van der Waals surface area contributed by atoms with Crippen LogP contribution in [0.4, 0.5) is 5.69 Å². The van der Waals surface area contributed by atoms with Crippen molar-refractivity contribution in [3.8, 4) is 0 Å². The van der Waals surface area contributed by atoms with Crippen LogP contribution in [0.15, 0.2) is 18.2 Å². The Labute approximate surface area is 113 Å². The number of nitrogens with one attached hydrogen (secondary N) is 1. The molecular weight excluding hydrogens is 246 g/mol. The lowest BCUT2D eigenvalue weighted by molar-refractivity contribution is -0.116. The fourth-order valence-electron chi connectivity index (χ4n) is 2.76. The summed E-state index contributed by atoms with van der Waals surface area (Å²) in [6, 6.07) is 6.23. The van der Waals surface area contributed by atoms with Gasteiger partial charge in [0.05, 0.1) is 5.38 Å². The summed E-state index contributed by atoms with van der Waals surface area (Å²) < 4.78 is 0. The number of hydrogen-bond acceptors (Lipinski definition) is 1. The summed E-state index contributed by atoms with van der Waals surface area (Å²) in [6.45, 7) is 0. The summed E-state index contributed by atoms with van der Waals surface area (Å²) in [5.74, 6) is 0.940. The fourth-order valence-corrected chi connectivity index (χ4v) is 3.14. The number of benzene rings is 1. The second kappa shape index (κ2) is 4.93. The van der Waals surface area contributed by atoms with Crippen LogP contribution >= 0.6 is 11.6 Å². The molecule has 1 amide bonds. The maximum absolute atomic E-state index is 11.3. The van der Waals surface area contributed by atoms with Crippen molar-refractivity contribution in [3.63, 3.8) is 0 Å². The highest BCUT2D eigenvalue weighted by Gasteiger charge is 2.23. The molecule has 1 aromatic rings. The van der Waals surface area contributed by atoms with Gasteiger partial charge in [0.25, 0.3) is 0 Å². The van der Waals surface area contributed by atoms with Crippen molar-refractivity contribution < 1.29 is 4.79 Å². The molecule has 3 heteroatoms. The first-order valence-electron chi connectivity index (χ1n) is 6.79. The minimum absolute atomic E-state index is 0.118. The molecule has 1 fully saturated rings. The van der Waals surface area contributed by atoms with Gasteiger partial charge in [-0.3, -0.25) is 4.79 Å². The molecule has 1 saturated carbocycles. The molecule has 18 heavy (non-hydrogen) atoms. The average molecular weight is 264 g/mol. The molecule has 96 valence electrons. The smallest absolute Gasteiger partial charge is 0.224 e. The lowest BCUT2D eigenvalue weighted by Gasteiger charge is -2.28. The molecule has 1 unspecified atom stereocenters. The number of aryl methyl sites for hydroxylation is 1. The van der Waals surface area contributed by atoms with E-state index in [-0.39, 0.29) is 11.3 Å². The molecule has 0 spiro atoms. The lowest BCUT2D eigenvalue weighted by Crippen LogP contribution is -2.19. The maximum Gasteiger partial charge on any atom is 0.224 e. The van der Waals surface area contributed by atoms with Crippen LogP contribution in [0, 0.1) is 5.92 Å². The van der Waals surface area contributed by atoms with Gasteiger partial charge in [-0.25, -0.2) is 0 Å². The summed E-state index contributed by atoms with van der Waals surface area (Å²) in [7, 11) is 0. The Balaban J connectivity index is 1.74. The fraction of sp³-hybridized carbons (Fsp3) is 0.533. The van der Waals surface area contributed by atoms with E-state index in [1.165, 1.54) is 30.4 Å². The van der Waals surface area contributed by atoms with Crippen molar-refractivity contribution in [1.82, 2.24) is 0 Å². The first kappa shape index (κ1) is 12.0. The van der Waals surface area contributed by atoms with Gasteiger partial charge in [-0.15, -0.1) is 11.6 Å². The molecule has 0 saturated heterocycles. The normalized spacial score (nSPS) is 20.8. The van der Waals surface area contributed by atoms with Crippen molar-refractivity contribution in [3.05, 3.63) is 29.3 Å². The van der Waals surface area contributed by atoms with Crippen molar-refractivity contribution in [2.45, 2.75) is 43.9 Å². The van der Waals surface area contributed by atoms with Crippen LogP contribution in [0.5, 0.6) is 0 Å². The Hall–Kier alpha value is -1.02. The SMILES string of the molecule is O=C1CCc2cc(C(Cl)CC3CCC3)ccc2N1. The van der Waals surface area contributed by atoms with Gasteiger partial charge in [0, 0.05) is 12.1 Å². The van der Waals surface area contributed by atoms with Crippen LogP contribution in [-0.4, -0.2) is 5.91 Å². The summed E-state index contributed by atoms with van der Waals surface area (Å²) in [5.41, 5.74) is 3.40. The third-order valence-corrected chi connectivity index (χ3v) is 4.58. The summed E-state index contributed by atoms with van der Waals surface area (Å²) in [4.78, 5) is 11.3. The predicted molar refractivity (Wildman–Crippen MR) is 73.9 cm³/mol. The van der Waals surface area contributed by atoms with Gasteiger partial charge >= 0.3 is 0 Å². The molecule has 3 rings (SSSR count). The third-order valence-electron chi connectivity index (χ3n) is 4.15. The second-order valence-electron chi connectivity index (χ2n) is 5.46. The first-order chi connectivity index (χ1) is 8.72. The van der Waals surface area contributed by atoms with Crippen molar-refractivity contribution >= 4 is 23.2 Å². The van der Waals surface area contributed by atoms with E-state index in [4.69, 9.17) is 11.6 Å².